The molecule has 128 valence electrons. The maximum Gasteiger partial charge on any atom is 0.321 e. The highest BCUT2D eigenvalue weighted by Crippen LogP contribution is 2.40. The van der Waals surface area contributed by atoms with Gasteiger partial charge in [-0.05, 0) is 6.42 Å². The molecule has 9 nitrogen and oxygen atoms in total. The molecule has 0 aromatic heterocycles. The van der Waals surface area contributed by atoms with E-state index in [0.717, 1.165) is 17.8 Å². The van der Waals surface area contributed by atoms with Crippen LogP contribution in [0.2, 0.25) is 0 Å². The summed E-state index contributed by atoms with van der Waals surface area (Å²) in [5, 5.41) is 17.8. The van der Waals surface area contributed by atoms with Gasteiger partial charge in [0.2, 0.25) is 5.78 Å². The predicted octanol–water partition coefficient (Wildman–Crippen LogP) is -1.08. The molecule has 0 amide bonds. The molecule has 1 unspecified atom stereocenters. The Morgan fingerprint density at radius 1 is 1.21 bits per heavy atom. The Morgan fingerprint density at radius 2 is 1.83 bits per heavy atom. The topological polar surface area (TPSA) is 173 Å². The van der Waals surface area contributed by atoms with Gasteiger partial charge in [0, 0.05) is 34.4 Å². The van der Waals surface area contributed by atoms with Gasteiger partial charge >= 0.3 is 11.9 Å². The lowest BCUT2D eigenvalue weighted by atomic mass is 9.89. The molecule has 1 aliphatic heterocycles. The second-order valence-corrected chi connectivity index (χ2v) is 6.35. The number of rotatable bonds is 7. The monoisotopic (exact) mass is 353 g/mol. The zero-order valence-electron chi connectivity index (χ0n) is 12.3. The number of hydrogen-bond donors (Lipinski definition) is 4. The summed E-state index contributed by atoms with van der Waals surface area (Å²) < 4.78 is 0. The maximum absolute atomic E-state index is 11.9. The van der Waals surface area contributed by atoms with Crippen molar-refractivity contribution in [3.05, 3.63) is 22.3 Å². The SMILES string of the molecule is N[C@@H](CSC1=CC(=O)C(=O)C2=C1C(C[C@H](N)C(=O)O)C=N2)C(=O)O. The Hall–Kier alpha value is -2.30. The van der Waals surface area contributed by atoms with Crippen molar-refractivity contribution in [1.82, 2.24) is 0 Å². The van der Waals surface area contributed by atoms with E-state index in [1.54, 1.807) is 0 Å². The van der Waals surface area contributed by atoms with Crippen LogP contribution in [-0.2, 0) is 19.2 Å². The van der Waals surface area contributed by atoms with Crippen LogP contribution in [0.4, 0.5) is 0 Å². The van der Waals surface area contributed by atoms with E-state index in [1.807, 2.05) is 0 Å². The third kappa shape index (κ3) is 3.61. The minimum absolute atomic E-state index is 0.00201. The summed E-state index contributed by atoms with van der Waals surface area (Å²) in [4.78, 5) is 49.7. The van der Waals surface area contributed by atoms with Gasteiger partial charge in [0.1, 0.15) is 17.8 Å². The predicted molar refractivity (Wildman–Crippen MR) is 85.4 cm³/mol. The van der Waals surface area contributed by atoms with Crippen molar-refractivity contribution in [3.63, 3.8) is 0 Å². The Labute approximate surface area is 140 Å². The average molecular weight is 353 g/mol. The molecule has 0 radical (unpaired) electrons. The van der Waals surface area contributed by atoms with E-state index in [-0.39, 0.29) is 17.9 Å². The fourth-order valence-corrected chi connectivity index (χ4v) is 3.36. The van der Waals surface area contributed by atoms with E-state index in [2.05, 4.69) is 4.99 Å². The van der Waals surface area contributed by atoms with Crippen LogP contribution in [0.5, 0.6) is 0 Å². The minimum atomic E-state index is -1.19. The van der Waals surface area contributed by atoms with Gasteiger partial charge in [0.25, 0.3) is 5.78 Å². The largest absolute Gasteiger partial charge is 0.480 e. The molecule has 0 aromatic carbocycles. The zero-order valence-corrected chi connectivity index (χ0v) is 13.2. The second-order valence-electron chi connectivity index (χ2n) is 5.29. The van der Waals surface area contributed by atoms with Gasteiger partial charge in [-0.2, -0.15) is 0 Å². The lowest BCUT2D eigenvalue weighted by Crippen LogP contribution is -2.34. The number of carboxylic acid groups (broad SMARTS) is 2. The van der Waals surface area contributed by atoms with Gasteiger partial charge in [-0.15, -0.1) is 11.8 Å². The van der Waals surface area contributed by atoms with E-state index < -0.39 is 41.5 Å². The standard InChI is InChI=1S/C14H15N3O6S/c15-6(13(20)21)1-5-3-17-11-10(5)9(2-8(18)12(11)19)24-4-7(16)14(22)23/h2-3,5-7H,1,4,15-16H2,(H,20,21)(H,22,23)/t5?,6-,7-/m0/s1. The van der Waals surface area contributed by atoms with Crippen molar-refractivity contribution in [2.75, 3.05) is 5.75 Å². The fraction of sp³-hybridized carbons (Fsp3) is 0.357. The first kappa shape index (κ1) is 18.0. The normalized spacial score (nSPS) is 22.2. The van der Waals surface area contributed by atoms with Crippen LogP contribution < -0.4 is 11.5 Å². The number of nitrogens with two attached hydrogens (primary N) is 2. The number of carbonyl (C=O) groups is 4. The van der Waals surface area contributed by atoms with Crippen molar-refractivity contribution in [2.45, 2.75) is 18.5 Å². The molecule has 0 bridgehead atoms. The summed E-state index contributed by atoms with van der Waals surface area (Å²) in [6, 6.07) is -2.30. The average Bonchev–Trinajstić information content (AvgIpc) is 2.93. The molecule has 0 aromatic rings. The van der Waals surface area contributed by atoms with Crippen molar-refractivity contribution < 1.29 is 29.4 Å². The van der Waals surface area contributed by atoms with Crippen LogP contribution in [0.25, 0.3) is 0 Å². The molecular weight excluding hydrogens is 338 g/mol. The van der Waals surface area contributed by atoms with E-state index >= 15 is 0 Å². The first-order valence-electron chi connectivity index (χ1n) is 6.91. The highest BCUT2D eigenvalue weighted by Gasteiger charge is 2.37. The molecule has 2 rings (SSSR count). The number of aliphatic imine (C=N–C) groups is 1. The Bertz CT molecular complexity index is 711. The highest BCUT2D eigenvalue weighted by atomic mass is 32.2. The van der Waals surface area contributed by atoms with Crippen LogP contribution in [0.15, 0.2) is 27.2 Å². The van der Waals surface area contributed by atoms with Crippen LogP contribution in [-0.4, -0.2) is 57.8 Å². The number of allylic oxidation sites excluding steroid dienone is 3. The summed E-state index contributed by atoms with van der Waals surface area (Å²) in [5.41, 5.74) is 11.3. The van der Waals surface area contributed by atoms with Crippen molar-refractivity contribution >= 4 is 41.5 Å². The summed E-state index contributed by atoms with van der Waals surface area (Å²) in [6.45, 7) is 0. The van der Waals surface area contributed by atoms with Crippen molar-refractivity contribution in [2.24, 2.45) is 22.4 Å². The van der Waals surface area contributed by atoms with Gasteiger partial charge in [-0.25, -0.2) is 0 Å². The van der Waals surface area contributed by atoms with Crippen molar-refractivity contribution in [1.29, 1.82) is 0 Å². The third-order valence-electron chi connectivity index (χ3n) is 3.54. The highest BCUT2D eigenvalue weighted by molar-refractivity contribution is 8.03. The zero-order chi connectivity index (χ0) is 18.0. The lowest BCUT2D eigenvalue weighted by molar-refractivity contribution is -0.139. The number of nitrogens with zero attached hydrogens (tertiary/aromatic N) is 1. The lowest BCUT2D eigenvalue weighted by Gasteiger charge is -2.21. The Balaban J connectivity index is 2.24. The number of carboxylic acids is 2. The van der Waals surface area contributed by atoms with Crippen molar-refractivity contribution in [3.8, 4) is 0 Å². The van der Waals surface area contributed by atoms with E-state index in [4.69, 9.17) is 21.7 Å². The first-order chi connectivity index (χ1) is 11.2. The maximum atomic E-state index is 11.9. The van der Waals surface area contributed by atoms with Gasteiger partial charge in [0.05, 0.1) is 0 Å². The number of aliphatic carboxylic acids is 2. The number of thioether (sulfide) groups is 1. The van der Waals surface area contributed by atoms with Crippen LogP contribution >= 0.6 is 11.8 Å². The molecule has 1 heterocycles. The molecule has 2 aliphatic rings. The molecule has 0 saturated heterocycles. The van der Waals surface area contributed by atoms with Crippen LogP contribution in [0.3, 0.4) is 0 Å². The number of hydrogen-bond acceptors (Lipinski definition) is 8. The minimum Gasteiger partial charge on any atom is -0.480 e. The molecule has 6 N–H and O–H groups in total. The number of carbonyl (C=O) groups excluding carboxylic acids is 2. The molecule has 0 fully saturated rings. The summed E-state index contributed by atoms with van der Waals surface area (Å²) in [6.07, 6.45) is 2.49. The van der Waals surface area contributed by atoms with Crippen LogP contribution in [0.1, 0.15) is 6.42 Å². The molecule has 24 heavy (non-hydrogen) atoms. The molecule has 0 saturated carbocycles. The summed E-state index contributed by atoms with van der Waals surface area (Å²) in [5.74, 6) is -4.48. The Kier molecular flexibility index (Phi) is 5.32. The summed E-state index contributed by atoms with van der Waals surface area (Å²) in [7, 11) is 0. The molecular formula is C14H15N3O6S. The molecule has 3 atom stereocenters. The molecule has 1 aliphatic carbocycles. The number of Topliss-reactive ketones (excluding diaryl/α,β-unsaturated/α-hetero) is 1. The summed E-state index contributed by atoms with van der Waals surface area (Å²) >= 11 is 1.01. The quantitative estimate of drug-likeness (QED) is 0.328. The first-order valence-corrected chi connectivity index (χ1v) is 7.89. The molecule has 0 spiro atoms. The van der Waals surface area contributed by atoms with E-state index in [0.29, 0.717) is 10.5 Å². The number of ketones is 2. The van der Waals surface area contributed by atoms with Gasteiger partial charge in [-0.3, -0.25) is 24.2 Å². The van der Waals surface area contributed by atoms with Gasteiger partial charge in [-0.1, -0.05) is 0 Å². The second kappa shape index (κ2) is 7.07. The van der Waals surface area contributed by atoms with E-state index in [9.17, 15) is 19.2 Å². The third-order valence-corrected chi connectivity index (χ3v) is 4.71. The smallest absolute Gasteiger partial charge is 0.321 e. The van der Waals surface area contributed by atoms with E-state index in [1.165, 1.54) is 6.21 Å². The van der Waals surface area contributed by atoms with Crippen LogP contribution in [0, 0.1) is 5.92 Å². The Morgan fingerprint density at radius 3 is 2.42 bits per heavy atom. The fourth-order valence-electron chi connectivity index (χ4n) is 2.27. The molecule has 10 heteroatoms. The van der Waals surface area contributed by atoms with Gasteiger partial charge < -0.3 is 21.7 Å². The van der Waals surface area contributed by atoms with Gasteiger partial charge in [0.15, 0.2) is 0 Å².